The van der Waals surface area contributed by atoms with E-state index in [1.807, 2.05) is 0 Å². The minimum Gasteiger partial charge on any atom is -0.481 e. The maximum Gasteiger partial charge on any atom is 0.303 e. The molecule has 0 heterocycles. The van der Waals surface area contributed by atoms with Crippen LogP contribution in [-0.4, -0.2) is 35.2 Å². The number of hydrogen-bond acceptors (Lipinski definition) is 4. The third kappa shape index (κ3) is 31.2. The molecule has 0 aromatic heterocycles. The van der Waals surface area contributed by atoms with Crippen molar-refractivity contribution in [3.05, 3.63) is 0 Å². The quantitative estimate of drug-likeness (QED) is 0.291. The lowest BCUT2D eigenvalue weighted by molar-refractivity contribution is -0.138. The molecule has 6 N–H and O–H groups in total. The Morgan fingerprint density at radius 1 is 0.480 bits per heavy atom. The third-order valence-electron chi connectivity index (χ3n) is 3.94. The number of carboxylic acid groups (broad SMARTS) is 2. The molecule has 0 unspecified atom stereocenters. The van der Waals surface area contributed by atoms with E-state index < -0.39 is 11.9 Å². The van der Waals surface area contributed by atoms with E-state index in [2.05, 4.69) is 0 Å². The van der Waals surface area contributed by atoms with Crippen LogP contribution in [0.4, 0.5) is 0 Å². The number of carboxylic acids is 2. The maximum atomic E-state index is 10.1. The summed E-state index contributed by atoms with van der Waals surface area (Å²) in [6.45, 7) is 1.71. The SMILES string of the molecule is NCCCCCCCCCCN.O=C(O)CCCCCCCC(=O)O. The number of carbonyl (C=O) groups is 2. The van der Waals surface area contributed by atoms with Gasteiger partial charge in [-0.1, -0.05) is 57.8 Å². The average molecular weight is 361 g/mol. The second-order valence-corrected chi connectivity index (χ2v) is 6.46. The monoisotopic (exact) mass is 360 g/mol. The summed E-state index contributed by atoms with van der Waals surface area (Å²) in [5, 5.41) is 16.6. The molecule has 150 valence electrons. The molecule has 6 heteroatoms. The molecule has 0 saturated heterocycles. The highest BCUT2D eigenvalue weighted by Gasteiger charge is 1.98. The molecule has 0 aromatic carbocycles. The zero-order valence-corrected chi connectivity index (χ0v) is 15.9. The first-order chi connectivity index (χ1) is 12.0. The van der Waals surface area contributed by atoms with Crippen LogP contribution in [0.15, 0.2) is 0 Å². The van der Waals surface area contributed by atoms with Gasteiger partial charge in [-0.25, -0.2) is 0 Å². The van der Waals surface area contributed by atoms with Crippen LogP contribution < -0.4 is 11.5 Å². The van der Waals surface area contributed by atoms with Gasteiger partial charge in [0, 0.05) is 12.8 Å². The van der Waals surface area contributed by atoms with E-state index in [0.29, 0.717) is 12.8 Å². The van der Waals surface area contributed by atoms with E-state index in [-0.39, 0.29) is 12.8 Å². The van der Waals surface area contributed by atoms with Gasteiger partial charge in [0.05, 0.1) is 0 Å². The molecule has 0 spiro atoms. The number of nitrogens with two attached hydrogens (primary N) is 2. The van der Waals surface area contributed by atoms with Crippen molar-refractivity contribution in [2.45, 2.75) is 96.3 Å². The van der Waals surface area contributed by atoms with Gasteiger partial charge in [0.15, 0.2) is 0 Å². The first-order valence-electron chi connectivity index (χ1n) is 9.88. The molecular formula is C19H40N2O4. The predicted octanol–water partition coefficient (Wildman–Crippen LogP) is 3.91. The second kappa shape index (κ2) is 22.9. The molecule has 6 nitrogen and oxygen atoms in total. The van der Waals surface area contributed by atoms with E-state index in [4.69, 9.17) is 21.7 Å². The van der Waals surface area contributed by atoms with Gasteiger partial charge in [0.2, 0.25) is 0 Å². The summed E-state index contributed by atoms with van der Waals surface area (Å²) in [6.07, 6.45) is 15.0. The van der Waals surface area contributed by atoms with E-state index in [9.17, 15) is 9.59 Å². The molecule has 0 aliphatic heterocycles. The highest BCUT2D eigenvalue weighted by molar-refractivity contribution is 5.66. The van der Waals surface area contributed by atoms with Crippen molar-refractivity contribution in [2.75, 3.05) is 13.1 Å². The summed E-state index contributed by atoms with van der Waals surface area (Å²) in [4.78, 5) is 20.2. The van der Waals surface area contributed by atoms with Crippen LogP contribution in [0.2, 0.25) is 0 Å². The standard InChI is InChI=1S/C10H24N2.C9H16O4/c11-9-7-5-3-1-2-4-6-8-10-12;10-8(11)6-4-2-1-3-5-7-9(12)13/h1-12H2;1-7H2,(H,10,11)(H,12,13). The zero-order valence-electron chi connectivity index (χ0n) is 15.9. The van der Waals surface area contributed by atoms with Gasteiger partial charge >= 0.3 is 11.9 Å². The van der Waals surface area contributed by atoms with E-state index >= 15 is 0 Å². The van der Waals surface area contributed by atoms with Crippen LogP contribution in [-0.2, 0) is 9.59 Å². The van der Waals surface area contributed by atoms with Crippen molar-refractivity contribution in [1.29, 1.82) is 0 Å². The summed E-state index contributed by atoms with van der Waals surface area (Å²) in [5.74, 6) is -1.52. The fourth-order valence-electron chi connectivity index (χ4n) is 2.43. The lowest BCUT2D eigenvalue weighted by Gasteiger charge is -2.00. The van der Waals surface area contributed by atoms with Crippen LogP contribution in [0.5, 0.6) is 0 Å². The lowest BCUT2D eigenvalue weighted by Crippen LogP contribution is -1.98. The zero-order chi connectivity index (χ0) is 19.2. The van der Waals surface area contributed by atoms with Gasteiger partial charge in [-0.15, -0.1) is 0 Å². The molecule has 25 heavy (non-hydrogen) atoms. The first kappa shape index (κ1) is 26.1. The van der Waals surface area contributed by atoms with Crippen LogP contribution in [0.3, 0.4) is 0 Å². The number of hydrogen-bond donors (Lipinski definition) is 4. The van der Waals surface area contributed by atoms with Crippen molar-refractivity contribution < 1.29 is 19.8 Å². The highest BCUT2D eigenvalue weighted by atomic mass is 16.4. The molecule has 0 aromatic rings. The lowest BCUT2D eigenvalue weighted by atomic mass is 10.1. The Labute approximate surface area is 153 Å². The van der Waals surface area contributed by atoms with Crippen molar-refractivity contribution >= 4 is 11.9 Å². The molecule has 0 aliphatic carbocycles. The van der Waals surface area contributed by atoms with Gasteiger partial charge in [0.25, 0.3) is 0 Å². The highest BCUT2D eigenvalue weighted by Crippen LogP contribution is 2.08. The Bertz CT molecular complexity index is 271. The molecule has 0 saturated carbocycles. The van der Waals surface area contributed by atoms with Gasteiger partial charge in [-0.2, -0.15) is 0 Å². The molecule has 0 rings (SSSR count). The van der Waals surface area contributed by atoms with Crippen molar-refractivity contribution in [3.63, 3.8) is 0 Å². The topological polar surface area (TPSA) is 127 Å². The van der Waals surface area contributed by atoms with Crippen LogP contribution in [0.1, 0.15) is 96.3 Å². The molecule has 0 bridgehead atoms. The summed E-state index contributed by atoms with van der Waals surface area (Å²) < 4.78 is 0. The van der Waals surface area contributed by atoms with Gasteiger partial charge < -0.3 is 21.7 Å². The summed E-state index contributed by atoms with van der Waals surface area (Å²) in [7, 11) is 0. The maximum absolute atomic E-state index is 10.1. The third-order valence-corrected chi connectivity index (χ3v) is 3.94. The molecule has 0 radical (unpaired) electrons. The van der Waals surface area contributed by atoms with E-state index in [0.717, 1.165) is 32.4 Å². The average Bonchev–Trinajstić information content (AvgIpc) is 2.56. The predicted molar refractivity (Wildman–Crippen MR) is 103 cm³/mol. The fourth-order valence-corrected chi connectivity index (χ4v) is 2.43. The normalized spacial score (nSPS) is 10.2. The van der Waals surface area contributed by atoms with Crippen LogP contribution >= 0.6 is 0 Å². The van der Waals surface area contributed by atoms with Gasteiger partial charge in [0.1, 0.15) is 0 Å². The minimum absolute atomic E-state index is 0.221. The Morgan fingerprint density at radius 3 is 0.960 bits per heavy atom. The Hall–Kier alpha value is -1.14. The summed E-state index contributed by atoms with van der Waals surface area (Å²) >= 11 is 0. The van der Waals surface area contributed by atoms with Crippen molar-refractivity contribution in [3.8, 4) is 0 Å². The van der Waals surface area contributed by atoms with E-state index in [1.54, 1.807) is 0 Å². The first-order valence-corrected chi connectivity index (χ1v) is 9.88. The van der Waals surface area contributed by atoms with Crippen molar-refractivity contribution in [1.82, 2.24) is 0 Å². The van der Waals surface area contributed by atoms with Gasteiger partial charge in [-0.05, 0) is 38.8 Å². The fraction of sp³-hybridized carbons (Fsp3) is 0.895. The summed E-state index contributed by atoms with van der Waals surface area (Å²) in [5.41, 5.74) is 10.8. The van der Waals surface area contributed by atoms with Crippen LogP contribution in [0, 0.1) is 0 Å². The molecule has 0 amide bonds. The second-order valence-electron chi connectivity index (χ2n) is 6.46. The Morgan fingerprint density at radius 2 is 0.720 bits per heavy atom. The number of aliphatic carboxylic acids is 2. The number of rotatable bonds is 17. The van der Waals surface area contributed by atoms with Crippen LogP contribution in [0.25, 0.3) is 0 Å². The minimum atomic E-state index is -0.759. The Kier molecular flexibility index (Phi) is 23.9. The van der Waals surface area contributed by atoms with E-state index in [1.165, 1.54) is 51.4 Å². The van der Waals surface area contributed by atoms with Gasteiger partial charge in [-0.3, -0.25) is 9.59 Å². The number of unbranched alkanes of at least 4 members (excludes halogenated alkanes) is 11. The summed E-state index contributed by atoms with van der Waals surface area (Å²) in [6, 6.07) is 0. The molecule has 0 fully saturated rings. The molecule has 0 atom stereocenters. The Balaban J connectivity index is 0. The largest absolute Gasteiger partial charge is 0.481 e. The van der Waals surface area contributed by atoms with Crippen molar-refractivity contribution in [2.24, 2.45) is 11.5 Å². The molecular weight excluding hydrogens is 320 g/mol. The smallest absolute Gasteiger partial charge is 0.303 e. The molecule has 0 aliphatic rings.